The van der Waals surface area contributed by atoms with Crippen molar-refractivity contribution in [2.24, 2.45) is 5.41 Å². The van der Waals surface area contributed by atoms with E-state index in [1.54, 1.807) is 12.1 Å². The molecule has 0 saturated heterocycles. The topological polar surface area (TPSA) is 46.8 Å². The van der Waals surface area contributed by atoms with Crippen LogP contribution in [0.3, 0.4) is 0 Å². The number of aromatic nitrogens is 2. The summed E-state index contributed by atoms with van der Waals surface area (Å²) in [5.41, 5.74) is 3.59. The van der Waals surface area contributed by atoms with Crippen molar-refractivity contribution in [2.75, 3.05) is 0 Å². The molecule has 0 radical (unpaired) electrons. The van der Waals surface area contributed by atoms with Crippen LogP contribution in [0.1, 0.15) is 32.1 Å². The predicted octanol–water partition coefficient (Wildman–Crippen LogP) is 4.42. The molecule has 2 saturated carbocycles. The number of hydrogen-bond donors (Lipinski definition) is 1. The minimum Gasteiger partial charge on any atom is -0.508 e. The highest BCUT2D eigenvalue weighted by atomic mass is 16.5. The molecule has 0 bridgehead atoms. The van der Waals surface area contributed by atoms with Crippen molar-refractivity contribution in [1.82, 2.24) is 9.38 Å². The molecule has 2 heterocycles. The summed E-state index contributed by atoms with van der Waals surface area (Å²) in [6.45, 7) is 0. The Bertz CT molecular complexity index is 888. The lowest BCUT2D eigenvalue weighted by atomic mass is 9.54. The number of benzene rings is 1. The molecule has 1 unspecified atom stereocenters. The van der Waals surface area contributed by atoms with Gasteiger partial charge in [0.25, 0.3) is 0 Å². The number of phenolic OH excluding ortho intramolecular Hbond substituents is 1. The number of nitrogens with zero attached hydrogens (tertiary/aromatic N) is 2. The Morgan fingerprint density at radius 2 is 1.96 bits per heavy atom. The van der Waals surface area contributed by atoms with Crippen LogP contribution in [-0.2, 0) is 0 Å². The van der Waals surface area contributed by atoms with Gasteiger partial charge in [-0.3, -0.25) is 0 Å². The maximum Gasteiger partial charge on any atom is 0.146 e. The van der Waals surface area contributed by atoms with E-state index < -0.39 is 0 Å². The molecule has 2 aliphatic carbocycles. The van der Waals surface area contributed by atoms with E-state index in [1.165, 1.54) is 25.7 Å². The minimum atomic E-state index is 0.278. The molecule has 0 aliphatic heterocycles. The first kappa shape index (κ1) is 13.9. The fraction of sp³-hybridized carbons (Fsp3) is 0.350. The van der Waals surface area contributed by atoms with Gasteiger partial charge in [-0.2, -0.15) is 0 Å². The van der Waals surface area contributed by atoms with Crippen LogP contribution in [0.5, 0.6) is 11.5 Å². The second-order valence-electron chi connectivity index (χ2n) is 7.19. The number of hydrogen-bond acceptors (Lipinski definition) is 3. The maximum atomic E-state index is 9.51. The summed E-state index contributed by atoms with van der Waals surface area (Å²) in [5.74, 6) is 1.19. The van der Waals surface area contributed by atoms with Crippen LogP contribution in [0.15, 0.2) is 49.1 Å². The minimum absolute atomic E-state index is 0.278. The third-order valence-electron chi connectivity index (χ3n) is 5.89. The third kappa shape index (κ3) is 2.02. The van der Waals surface area contributed by atoms with Crippen molar-refractivity contribution in [3.63, 3.8) is 0 Å². The monoisotopic (exact) mass is 320 g/mol. The zero-order chi connectivity index (χ0) is 16.1. The van der Waals surface area contributed by atoms with Crippen molar-refractivity contribution < 1.29 is 9.84 Å². The Morgan fingerprint density at radius 3 is 2.62 bits per heavy atom. The van der Waals surface area contributed by atoms with Gasteiger partial charge in [-0.05, 0) is 49.4 Å². The lowest BCUT2D eigenvalue weighted by Crippen LogP contribution is -2.52. The van der Waals surface area contributed by atoms with E-state index in [4.69, 9.17) is 4.74 Å². The van der Waals surface area contributed by atoms with E-state index in [2.05, 4.69) is 17.2 Å². The summed E-state index contributed by atoms with van der Waals surface area (Å²) in [6, 6.07) is 9.38. The van der Waals surface area contributed by atoms with Gasteiger partial charge in [0.2, 0.25) is 0 Å². The van der Waals surface area contributed by atoms with Crippen LogP contribution in [-0.4, -0.2) is 20.6 Å². The predicted molar refractivity (Wildman–Crippen MR) is 92.2 cm³/mol. The van der Waals surface area contributed by atoms with E-state index in [9.17, 15) is 5.11 Å². The quantitative estimate of drug-likeness (QED) is 0.777. The number of ether oxygens (including phenoxy) is 1. The fourth-order valence-electron chi connectivity index (χ4n) is 4.12. The third-order valence-corrected chi connectivity index (χ3v) is 5.89. The summed E-state index contributed by atoms with van der Waals surface area (Å²) < 4.78 is 8.47. The van der Waals surface area contributed by atoms with Crippen LogP contribution in [0.25, 0.3) is 16.6 Å². The molecule has 122 valence electrons. The number of aromatic hydroxyl groups is 1. The van der Waals surface area contributed by atoms with Crippen molar-refractivity contribution in [2.45, 2.75) is 38.2 Å². The van der Waals surface area contributed by atoms with Gasteiger partial charge < -0.3 is 14.2 Å². The van der Waals surface area contributed by atoms with Gasteiger partial charge in [0.15, 0.2) is 0 Å². The first-order valence-electron chi connectivity index (χ1n) is 8.65. The van der Waals surface area contributed by atoms with Gasteiger partial charge in [0.1, 0.15) is 23.1 Å². The molecule has 3 aromatic rings. The van der Waals surface area contributed by atoms with Gasteiger partial charge in [0.05, 0.1) is 12.5 Å². The molecule has 5 rings (SSSR count). The first-order valence-corrected chi connectivity index (χ1v) is 8.65. The molecule has 1 atom stereocenters. The zero-order valence-electron chi connectivity index (χ0n) is 13.5. The maximum absolute atomic E-state index is 9.51. The summed E-state index contributed by atoms with van der Waals surface area (Å²) in [5, 5.41) is 9.51. The number of imidazole rings is 1. The van der Waals surface area contributed by atoms with E-state index in [-0.39, 0.29) is 5.75 Å². The first-order chi connectivity index (χ1) is 11.7. The molecule has 1 aromatic carbocycles. The average molecular weight is 320 g/mol. The van der Waals surface area contributed by atoms with Crippen LogP contribution in [0.2, 0.25) is 0 Å². The number of pyridine rings is 1. The SMILES string of the molecule is Oc1ccc(-c2cc(OC3CCC34CCC4)c3cncn3c2)cc1. The molecule has 2 fully saturated rings. The van der Waals surface area contributed by atoms with Crippen molar-refractivity contribution >= 4 is 5.52 Å². The fourth-order valence-corrected chi connectivity index (χ4v) is 4.12. The normalized spacial score (nSPS) is 21.4. The molecule has 4 nitrogen and oxygen atoms in total. The largest absolute Gasteiger partial charge is 0.508 e. The van der Waals surface area contributed by atoms with Crippen LogP contribution >= 0.6 is 0 Å². The Labute approximate surface area is 140 Å². The van der Waals surface area contributed by atoms with Gasteiger partial charge in [-0.15, -0.1) is 0 Å². The molecular weight excluding hydrogens is 300 g/mol. The lowest BCUT2D eigenvalue weighted by Gasteiger charge is -2.55. The Hall–Kier alpha value is -2.49. The second-order valence-corrected chi connectivity index (χ2v) is 7.19. The Kier molecular flexibility index (Phi) is 2.90. The lowest BCUT2D eigenvalue weighted by molar-refractivity contribution is -0.0994. The molecule has 1 spiro atoms. The molecule has 4 heteroatoms. The molecule has 1 N–H and O–H groups in total. The van der Waals surface area contributed by atoms with Gasteiger partial charge in [-0.1, -0.05) is 18.6 Å². The number of phenols is 1. The van der Waals surface area contributed by atoms with Crippen LogP contribution < -0.4 is 4.74 Å². The standard InChI is InChI=1S/C20H20N2O2/c23-16-4-2-14(3-5-16)15-10-18(17-11-21-13-22(17)12-15)24-19-6-9-20(19)7-1-8-20/h2-5,10-13,19,23H,1,6-9H2. The second kappa shape index (κ2) is 5.00. The van der Waals surface area contributed by atoms with Crippen molar-refractivity contribution in [1.29, 1.82) is 0 Å². The van der Waals surface area contributed by atoms with Crippen molar-refractivity contribution in [3.05, 3.63) is 49.1 Å². The highest BCUT2D eigenvalue weighted by molar-refractivity contribution is 5.71. The van der Waals surface area contributed by atoms with Gasteiger partial charge in [-0.25, -0.2) is 4.98 Å². The number of rotatable bonds is 3. The smallest absolute Gasteiger partial charge is 0.146 e. The van der Waals surface area contributed by atoms with Gasteiger partial charge in [0, 0.05) is 17.2 Å². The molecular formula is C20H20N2O2. The molecule has 0 amide bonds. The number of fused-ring (bicyclic) bond motifs is 1. The highest BCUT2D eigenvalue weighted by Gasteiger charge is 2.52. The summed E-state index contributed by atoms with van der Waals surface area (Å²) in [6.07, 6.45) is 12.5. The average Bonchev–Trinajstić information content (AvgIpc) is 2.99. The molecule has 24 heavy (non-hydrogen) atoms. The van der Waals surface area contributed by atoms with E-state index in [0.717, 1.165) is 28.8 Å². The zero-order valence-corrected chi connectivity index (χ0v) is 13.5. The Morgan fingerprint density at radius 1 is 1.12 bits per heavy atom. The van der Waals surface area contributed by atoms with Crippen LogP contribution in [0.4, 0.5) is 0 Å². The summed E-state index contributed by atoms with van der Waals surface area (Å²) >= 11 is 0. The highest BCUT2D eigenvalue weighted by Crippen LogP contribution is 2.57. The molecule has 2 aromatic heterocycles. The van der Waals surface area contributed by atoms with E-state index in [0.29, 0.717) is 11.5 Å². The summed E-state index contributed by atoms with van der Waals surface area (Å²) in [4.78, 5) is 4.28. The van der Waals surface area contributed by atoms with Gasteiger partial charge >= 0.3 is 0 Å². The van der Waals surface area contributed by atoms with E-state index in [1.807, 2.05) is 29.1 Å². The molecule has 2 aliphatic rings. The van der Waals surface area contributed by atoms with Crippen molar-refractivity contribution in [3.8, 4) is 22.6 Å². The van der Waals surface area contributed by atoms with E-state index >= 15 is 0 Å². The Balaban J connectivity index is 1.54. The van der Waals surface area contributed by atoms with Crippen LogP contribution in [0, 0.1) is 5.41 Å². The summed E-state index contributed by atoms with van der Waals surface area (Å²) in [7, 11) is 0.